The van der Waals surface area contributed by atoms with Crippen LogP contribution in [0.5, 0.6) is 0 Å². The van der Waals surface area contributed by atoms with Gasteiger partial charge in [-0.2, -0.15) is 0 Å². The lowest BCUT2D eigenvalue weighted by molar-refractivity contribution is -0.148. The molecule has 4 rings (SSSR count). The lowest BCUT2D eigenvalue weighted by Crippen LogP contribution is -2.51. The third-order valence-corrected chi connectivity index (χ3v) is 9.31. The summed E-state index contributed by atoms with van der Waals surface area (Å²) in [6.45, 7) is 8.64. The van der Waals surface area contributed by atoms with Crippen molar-refractivity contribution in [1.82, 2.24) is 0 Å². The van der Waals surface area contributed by atoms with Gasteiger partial charge < -0.3 is 9.53 Å². The third kappa shape index (κ3) is 2.91. The van der Waals surface area contributed by atoms with Crippen molar-refractivity contribution in [3.63, 3.8) is 0 Å². The van der Waals surface area contributed by atoms with Crippen LogP contribution in [0.3, 0.4) is 0 Å². The Morgan fingerprint density at radius 3 is 2.67 bits per heavy atom. The minimum atomic E-state index is -0.146. The summed E-state index contributed by atoms with van der Waals surface area (Å²) in [5.74, 6) is 2.92. The maximum Gasteiger partial charge on any atom is 0.302 e. The molecule has 3 heteroatoms. The first kappa shape index (κ1) is 19.2. The van der Waals surface area contributed by atoms with Gasteiger partial charge in [0.1, 0.15) is 12.4 Å². The van der Waals surface area contributed by atoms with Gasteiger partial charge in [0.15, 0.2) is 0 Å². The molecule has 4 aliphatic carbocycles. The molecule has 3 fully saturated rings. The van der Waals surface area contributed by atoms with Gasteiger partial charge in [-0.05, 0) is 79.4 Å². The van der Waals surface area contributed by atoms with Gasteiger partial charge in [-0.15, -0.1) is 0 Å². The van der Waals surface area contributed by atoms with E-state index in [0.29, 0.717) is 11.3 Å². The van der Waals surface area contributed by atoms with E-state index < -0.39 is 0 Å². The Kier molecular flexibility index (Phi) is 4.79. The Labute approximate surface area is 164 Å². The molecule has 0 heterocycles. The number of ether oxygens (including phenoxy) is 1. The number of hydrogen-bond donors (Lipinski definition) is 0. The normalized spacial score (nSPS) is 47.1. The first-order valence-corrected chi connectivity index (χ1v) is 11.1. The van der Waals surface area contributed by atoms with Crippen molar-refractivity contribution < 1.29 is 14.3 Å². The number of allylic oxidation sites excluding steroid dienone is 1. The average molecular weight is 373 g/mol. The topological polar surface area (TPSA) is 43.4 Å². The van der Waals surface area contributed by atoms with Crippen LogP contribution in [0.4, 0.5) is 0 Å². The lowest BCUT2D eigenvalue weighted by Gasteiger charge is -2.58. The zero-order valence-corrected chi connectivity index (χ0v) is 17.5. The summed E-state index contributed by atoms with van der Waals surface area (Å²) in [5.41, 5.74) is 2.19. The highest BCUT2D eigenvalue weighted by Gasteiger charge is 2.59. The van der Waals surface area contributed by atoms with Gasteiger partial charge in [0.05, 0.1) is 0 Å². The quantitative estimate of drug-likeness (QED) is 0.382. The molecule has 3 saturated carbocycles. The standard InChI is InChI=1S/C24H36O3/c1-15(14-25)20-7-8-21-19-6-5-17-13-18(27-16(2)26)9-11-23(17,3)22(19)10-12-24(20,21)4/h5,14-15,18-22H,6-13H2,1-4H3/t15-,18-,19+,20-,21+,22+,23+,24-/m1/s1. The molecule has 0 spiro atoms. The molecule has 3 nitrogen and oxygen atoms in total. The molecule has 0 aromatic heterocycles. The minimum absolute atomic E-state index is 0.0801. The van der Waals surface area contributed by atoms with Crippen LogP contribution in [0.15, 0.2) is 11.6 Å². The molecule has 27 heavy (non-hydrogen) atoms. The van der Waals surface area contributed by atoms with Crippen LogP contribution in [-0.2, 0) is 14.3 Å². The van der Waals surface area contributed by atoms with Gasteiger partial charge in [0.25, 0.3) is 0 Å². The summed E-state index contributed by atoms with van der Waals surface area (Å²) < 4.78 is 5.55. The van der Waals surface area contributed by atoms with Gasteiger partial charge in [-0.3, -0.25) is 4.79 Å². The second-order valence-corrected chi connectivity index (χ2v) is 10.5. The second-order valence-electron chi connectivity index (χ2n) is 10.5. The van der Waals surface area contributed by atoms with E-state index in [1.807, 2.05) is 0 Å². The highest BCUT2D eigenvalue weighted by Crippen LogP contribution is 2.67. The zero-order chi connectivity index (χ0) is 19.4. The Bertz CT molecular complexity index is 652. The summed E-state index contributed by atoms with van der Waals surface area (Å²) in [7, 11) is 0. The molecule has 0 radical (unpaired) electrons. The van der Waals surface area contributed by atoms with E-state index in [2.05, 4.69) is 26.8 Å². The van der Waals surface area contributed by atoms with Crippen molar-refractivity contribution >= 4 is 12.3 Å². The molecule has 0 aromatic carbocycles. The lowest BCUT2D eigenvalue weighted by atomic mass is 9.47. The van der Waals surface area contributed by atoms with Crippen LogP contribution in [-0.4, -0.2) is 18.4 Å². The Morgan fingerprint density at radius 1 is 1.19 bits per heavy atom. The first-order chi connectivity index (χ1) is 12.8. The monoisotopic (exact) mass is 372 g/mol. The van der Waals surface area contributed by atoms with E-state index in [4.69, 9.17) is 4.74 Å². The Balaban J connectivity index is 1.57. The van der Waals surface area contributed by atoms with E-state index in [1.54, 1.807) is 5.57 Å². The predicted molar refractivity (Wildman–Crippen MR) is 106 cm³/mol. The summed E-state index contributed by atoms with van der Waals surface area (Å²) in [4.78, 5) is 22.9. The van der Waals surface area contributed by atoms with E-state index in [1.165, 1.54) is 45.3 Å². The van der Waals surface area contributed by atoms with Gasteiger partial charge in [0.2, 0.25) is 0 Å². The van der Waals surface area contributed by atoms with Crippen LogP contribution >= 0.6 is 0 Å². The molecular formula is C24H36O3. The molecule has 0 amide bonds. The molecule has 8 atom stereocenters. The largest absolute Gasteiger partial charge is 0.462 e. The molecule has 0 saturated heterocycles. The highest BCUT2D eigenvalue weighted by molar-refractivity contribution is 5.66. The number of carbonyl (C=O) groups excluding carboxylic acids is 2. The Morgan fingerprint density at radius 2 is 1.96 bits per heavy atom. The molecule has 0 aromatic rings. The summed E-state index contributed by atoms with van der Waals surface area (Å²) in [6.07, 6.45) is 13.2. The molecular weight excluding hydrogens is 336 g/mol. The number of fused-ring (bicyclic) bond motifs is 5. The first-order valence-electron chi connectivity index (χ1n) is 11.1. The van der Waals surface area contributed by atoms with Crippen molar-refractivity contribution in [1.29, 1.82) is 0 Å². The molecule has 0 N–H and O–H groups in total. The molecule has 0 bridgehead atoms. The average Bonchev–Trinajstić information content (AvgIpc) is 2.98. The molecule has 0 aliphatic heterocycles. The summed E-state index contributed by atoms with van der Waals surface area (Å²) in [5, 5.41) is 0. The molecule has 4 aliphatic rings. The van der Waals surface area contributed by atoms with Crippen molar-refractivity contribution in [2.45, 2.75) is 85.2 Å². The summed E-state index contributed by atoms with van der Waals surface area (Å²) in [6, 6.07) is 0. The SMILES string of the molecule is CC(=O)O[C@@H]1CC[C@@]2(C)C(=CC[C@H]3[C@@H]4CC[C@H]([C@H](C)C=O)[C@@]4(C)CC[C@@H]32)C1. The van der Waals surface area contributed by atoms with E-state index in [-0.39, 0.29) is 23.4 Å². The number of hydrogen-bond acceptors (Lipinski definition) is 3. The van der Waals surface area contributed by atoms with E-state index in [0.717, 1.165) is 37.0 Å². The number of aldehydes is 1. The molecule has 0 unspecified atom stereocenters. The fraction of sp³-hybridized carbons (Fsp3) is 0.833. The third-order valence-electron chi connectivity index (χ3n) is 9.31. The summed E-state index contributed by atoms with van der Waals surface area (Å²) >= 11 is 0. The van der Waals surface area contributed by atoms with Gasteiger partial charge in [0, 0.05) is 19.3 Å². The predicted octanol–water partition coefficient (Wildman–Crippen LogP) is 5.33. The molecule has 150 valence electrons. The Hall–Kier alpha value is -1.12. The number of rotatable bonds is 3. The van der Waals surface area contributed by atoms with Crippen molar-refractivity contribution in [2.75, 3.05) is 0 Å². The highest BCUT2D eigenvalue weighted by atomic mass is 16.5. The zero-order valence-electron chi connectivity index (χ0n) is 17.5. The van der Waals surface area contributed by atoms with Crippen molar-refractivity contribution in [2.24, 2.45) is 40.4 Å². The fourth-order valence-corrected chi connectivity index (χ4v) is 7.96. The van der Waals surface area contributed by atoms with Crippen LogP contribution in [0.25, 0.3) is 0 Å². The van der Waals surface area contributed by atoms with Gasteiger partial charge in [-0.25, -0.2) is 0 Å². The number of carbonyl (C=O) groups is 2. The van der Waals surface area contributed by atoms with Gasteiger partial charge in [-0.1, -0.05) is 32.4 Å². The maximum atomic E-state index is 11.5. The van der Waals surface area contributed by atoms with E-state index in [9.17, 15) is 9.59 Å². The number of esters is 1. The van der Waals surface area contributed by atoms with Crippen LogP contribution < -0.4 is 0 Å². The van der Waals surface area contributed by atoms with Crippen LogP contribution in [0, 0.1) is 40.4 Å². The second kappa shape index (κ2) is 6.74. The fourth-order valence-electron chi connectivity index (χ4n) is 7.96. The van der Waals surface area contributed by atoms with Gasteiger partial charge >= 0.3 is 5.97 Å². The minimum Gasteiger partial charge on any atom is -0.462 e. The van der Waals surface area contributed by atoms with Crippen molar-refractivity contribution in [3.05, 3.63) is 11.6 Å². The maximum absolute atomic E-state index is 11.5. The van der Waals surface area contributed by atoms with Crippen LogP contribution in [0.1, 0.15) is 79.1 Å². The van der Waals surface area contributed by atoms with E-state index >= 15 is 0 Å². The smallest absolute Gasteiger partial charge is 0.302 e. The van der Waals surface area contributed by atoms with Crippen LogP contribution in [0.2, 0.25) is 0 Å². The van der Waals surface area contributed by atoms with Crippen molar-refractivity contribution in [3.8, 4) is 0 Å².